The van der Waals surface area contributed by atoms with E-state index in [4.69, 9.17) is 4.74 Å². The third-order valence-corrected chi connectivity index (χ3v) is 1.79. The Morgan fingerprint density at radius 3 is 2.62 bits per heavy atom. The van der Waals surface area contributed by atoms with Crippen LogP contribution in [0.1, 0.15) is 12.5 Å². The van der Waals surface area contributed by atoms with Gasteiger partial charge in [0.15, 0.2) is 0 Å². The molecule has 1 atom stereocenters. The van der Waals surface area contributed by atoms with Crippen LogP contribution in [0.4, 0.5) is 0 Å². The Kier molecular flexibility index (Phi) is 4.27. The number of rotatable bonds is 3. The van der Waals surface area contributed by atoms with Crippen LogP contribution in [0.3, 0.4) is 0 Å². The minimum atomic E-state index is -0.153. The van der Waals surface area contributed by atoms with Crippen LogP contribution in [0.5, 0.6) is 0 Å². The summed E-state index contributed by atoms with van der Waals surface area (Å²) < 4.78 is 5.06. The molecule has 1 unspecified atom stereocenters. The Labute approximate surface area is 91.2 Å². The summed E-state index contributed by atoms with van der Waals surface area (Å²) in [4.78, 5) is 11.2. The van der Waals surface area contributed by atoms with Crippen molar-refractivity contribution in [3.05, 3.63) is 35.9 Å². The molecule has 0 saturated carbocycles. The summed E-state index contributed by atoms with van der Waals surface area (Å²) >= 11 is 1.50. The average Bonchev–Trinajstić information content (AvgIpc) is 2.04. The molecule has 3 heteroatoms. The maximum absolute atomic E-state index is 11.2. The molecule has 0 spiro atoms. The fourth-order valence-electron chi connectivity index (χ4n) is 0.994. The van der Waals surface area contributed by atoms with Crippen LogP contribution in [0.25, 0.3) is 0 Å². The average molecular weight is 292 g/mol. The van der Waals surface area contributed by atoms with Crippen LogP contribution in [0, 0.1) is 0 Å². The monoisotopic (exact) mass is 294 g/mol. The van der Waals surface area contributed by atoms with Gasteiger partial charge in [-0.05, 0) is 0 Å². The summed E-state index contributed by atoms with van der Waals surface area (Å²) in [5.41, 5.74) is 0.999. The van der Waals surface area contributed by atoms with Gasteiger partial charge in [-0.2, -0.15) is 0 Å². The van der Waals surface area contributed by atoms with Crippen molar-refractivity contribution in [2.24, 2.45) is 0 Å². The van der Waals surface area contributed by atoms with Gasteiger partial charge < -0.3 is 0 Å². The first-order chi connectivity index (χ1) is 6.18. The van der Waals surface area contributed by atoms with Gasteiger partial charge in [-0.25, -0.2) is 0 Å². The van der Waals surface area contributed by atoms with E-state index in [2.05, 4.69) is 0 Å². The first kappa shape index (κ1) is 10.6. The van der Waals surface area contributed by atoms with E-state index in [1.54, 1.807) is 0 Å². The number of benzene rings is 1. The Balaban J connectivity index is 2.46. The molecule has 0 aliphatic carbocycles. The van der Waals surface area contributed by atoms with E-state index in [1.807, 2.05) is 37.3 Å². The van der Waals surface area contributed by atoms with Crippen molar-refractivity contribution in [2.75, 3.05) is 0 Å². The fourth-order valence-corrected chi connectivity index (χ4v) is 1.33. The second kappa shape index (κ2) is 5.26. The molecule has 0 aliphatic rings. The quantitative estimate of drug-likeness (QED) is 0.614. The van der Waals surface area contributed by atoms with Crippen molar-refractivity contribution in [2.45, 2.75) is 17.5 Å². The van der Waals surface area contributed by atoms with E-state index < -0.39 is 0 Å². The SMILES string of the molecule is CC([TeH])OC(=O)Cc1ccccc1. The molecule has 70 valence electrons. The molecule has 0 fully saturated rings. The molecule has 1 aromatic carbocycles. The maximum atomic E-state index is 11.2. The van der Waals surface area contributed by atoms with Crippen LogP contribution >= 0.6 is 0 Å². The van der Waals surface area contributed by atoms with Crippen molar-refractivity contribution < 1.29 is 9.53 Å². The Morgan fingerprint density at radius 2 is 2.08 bits per heavy atom. The molecule has 0 heterocycles. The van der Waals surface area contributed by atoms with E-state index >= 15 is 0 Å². The number of ether oxygens (including phenoxy) is 1. The third-order valence-electron chi connectivity index (χ3n) is 1.49. The summed E-state index contributed by atoms with van der Waals surface area (Å²) in [5.74, 6) is -0.153. The van der Waals surface area contributed by atoms with Crippen LogP contribution in [-0.2, 0) is 16.0 Å². The predicted octanol–water partition coefficient (Wildman–Crippen LogP) is 1.02. The summed E-state index contributed by atoms with van der Waals surface area (Å²) in [6.07, 6.45) is 0.368. The van der Waals surface area contributed by atoms with E-state index in [1.165, 1.54) is 22.3 Å². The van der Waals surface area contributed by atoms with E-state index in [9.17, 15) is 4.79 Å². The van der Waals surface area contributed by atoms with E-state index in [0.29, 0.717) is 6.42 Å². The van der Waals surface area contributed by atoms with Crippen molar-refractivity contribution >= 4 is 28.3 Å². The molecule has 0 N–H and O–H groups in total. The van der Waals surface area contributed by atoms with Crippen molar-refractivity contribution in [1.82, 2.24) is 0 Å². The standard InChI is InChI=1S/C10H12O2Te/c1-8(13)12-10(11)7-9-5-3-2-4-6-9/h2-6,8,13H,7H2,1H3. The summed E-state index contributed by atoms with van der Waals surface area (Å²) in [7, 11) is 0. The van der Waals surface area contributed by atoms with Crippen molar-refractivity contribution in [3.63, 3.8) is 0 Å². The number of esters is 1. The van der Waals surface area contributed by atoms with E-state index in [-0.39, 0.29) is 10.1 Å². The Bertz CT molecular complexity index is 270. The minimum absolute atomic E-state index is 0.0187. The number of hydrogen-bond acceptors (Lipinski definition) is 2. The van der Waals surface area contributed by atoms with Crippen LogP contribution < -0.4 is 0 Å². The molecule has 0 amide bonds. The van der Waals surface area contributed by atoms with Gasteiger partial charge in [0.05, 0.1) is 0 Å². The summed E-state index contributed by atoms with van der Waals surface area (Å²) in [6.45, 7) is 1.87. The molecule has 0 radical (unpaired) electrons. The molecule has 0 aliphatic heterocycles. The Hall–Kier alpha value is -0.520. The zero-order chi connectivity index (χ0) is 9.68. The molecule has 2 nitrogen and oxygen atoms in total. The number of carbonyl (C=O) groups is 1. The predicted molar refractivity (Wildman–Crippen MR) is 52.8 cm³/mol. The van der Waals surface area contributed by atoms with Gasteiger partial charge in [0.1, 0.15) is 0 Å². The molecule has 1 rings (SSSR count). The van der Waals surface area contributed by atoms with Gasteiger partial charge >= 0.3 is 91.2 Å². The molecule has 0 bridgehead atoms. The zero-order valence-electron chi connectivity index (χ0n) is 7.43. The molecular weight excluding hydrogens is 280 g/mol. The van der Waals surface area contributed by atoms with Gasteiger partial charge in [0, 0.05) is 0 Å². The molecule has 0 aromatic heterocycles. The second-order valence-electron chi connectivity index (χ2n) is 2.75. The molecule has 13 heavy (non-hydrogen) atoms. The van der Waals surface area contributed by atoms with Gasteiger partial charge in [-0.15, -0.1) is 0 Å². The van der Waals surface area contributed by atoms with Crippen LogP contribution in [0.2, 0.25) is 0 Å². The van der Waals surface area contributed by atoms with Gasteiger partial charge in [0.25, 0.3) is 0 Å². The van der Waals surface area contributed by atoms with Gasteiger partial charge in [-0.3, -0.25) is 0 Å². The van der Waals surface area contributed by atoms with Crippen molar-refractivity contribution in [1.29, 1.82) is 0 Å². The topological polar surface area (TPSA) is 26.3 Å². The van der Waals surface area contributed by atoms with Crippen LogP contribution in [0.15, 0.2) is 30.3 Å². The second-order valence-corrected chi connectivity index (χ2v) is 4.83. The van der Waals surface area contributed by atoms with Gasteiger partial charge in [-0.1, -0.05) is 0 Å². The molecule has 1 aromatic rings. The normalized spacial score (nSPS) is 12.2. The first-order valence-corrected chi connectivity index (χ1v) is 5.57. The van der Waals surface area contributed by atoms with Crippen molar-refractivity contribution in [3.8, 4) is 0 Å². The summed E-state index contributed by atoms with van der Waals surface area (Å²) in [5, 5.41) is 0. The van der Waals surface area contributed by atoms with Crippen LogP contribution in [-0.4, -0.2) is 32.4 Å². The number of carbonyl (C=O) groups excluding carboxylic acids is 1. The molecular formula is C10H12O2Te. The fraction of sp³-hybridized carbons (Fsp3) is 0.300. The number of hydrogen-bond donors (Lipinski definition) is 0. The zero-order valence-corrected chi connectivity index (χ0v) is 9.99. The van der Waals surface area contributed by atoms with E-state index in [0.717, 1.165) is 5.56 Å². The van der Waals surface area contributed by atoms with Gasteiger partial charge in [0.2, 0.25) is 0 Å². The first-order valence-electron chi connectivity index (χ1n) is 4.10. The Morgan fingerprint density at radius 1 is 1.46 bits per heavy atom. The third kappa shape index (κ3) is 4.31. The summed E-state index contributed by atoms with van der Waals surface area (Å²) in [6, 6.07) is 9.61. The molecule has 0 saturated heterocycles.